The number of amides is 2. The molecular formula is C20H34N4O. The number of carbonyl (C=O) groups is 1. The summed E-state index contributed by atoms with van der Waals surface area (Å²) in [6, 6.07) is 1.88. The lowest BCUT2D eigenvalue weighted by Crippen LogP contribution is -2.55. The van der Waals surface area contributed by atoms with Crippen molar-refractivity contribution in [1.29, 1.82) is 0 Å². The van der Waals surface area contributed by atoms with Gasteiger partial charge in [0, 0.05) is 51.4 Å². The van der Waals surface area contributed by atoms with E-state index in [0.717, 1.165) is 56.6 Å². The predicted octanol–water partition coefficient (Wildman–Crippen LogP) is 1.99. The Bertz CT molecular complexity index is 500. The number of hydrogen-bond acceptors (Lipinski definition) is 3. The molecule has 5 aliphatic rings. The van der Waals surface area contributed by atoms with Crippen LogP contribution in [0.5, 0.6) is 0 Å². The number of rotatable bonds is 4. The fourth-order valence-electron chi connectivity index (χ4n) is 6.06. The fourth-order valence-corrected chi connectivity index (χ4v) is 6.06. The minimum absolute atomic E-state index is 0.178. The number of fused-ring (bicyclic) bond motifs is 2. The summed E-state index contributed by atoms with van der Waals surface area (Å²) in [7, 11) is 0. The first-order valence-corrected chi connectivity index (χ1v) is 10.8. The molecule has 3 saturated carbocycles. The van der Waals surface area contributed by atoms with Crippen LogP contribution in [0.1, 0.15) is 44.9 Å². The third-order valence-electron chi connectivity index (χ3n) is 7.69. The highest BCUT2D eigenvalue weighted by molar-refractivity contribution is 5.74. The summed E-state index contributed by atoms with van der Waals surface area (Å²) in [5.41, 5.74) is 0. The van der Waals surface area contributed by atoms with Crippen molar-refractivity contribution in [3.63, 3.8) is 0 Å². The Labute approximate surface area is 152 Å². The molecule has 5 rings (SSSR count). The van der Waals surface area contributed by atoms with Crippen molar-refractivity contribution in [2.24, 2.45) is 17.8 Å². The third-order valence-corrected chi connectivity index (χ3v) is 7.69. The van der Waals surface area contributed by atoms with E-state index < -0.39 is 0 Å². The maximum absolute atomic E-state index is 12.5. The molecule has 0 aromatic heterocycles. The van der Waals surface area contributed by atoms with E-state index in [-0.39, 0.29) is 6.03 Å². The van der Waals surface area contributed by atoms with Crippen molar-refractivity contribution < 1.29 is 4.79 Å². The number of likely N-dealkylation sites (tertiary alicyclic amines) is 1. The molecule has 5 fully saturated rings. The molecule has 5 nitrogen and oxygen atoms in total. The van der Waals surface area contributed by atoms with Gasteiger partial charge in [0.05, 0.1) is 0 Å². The molecule has 25 heavy (non-hydrogen) atoms. The van der Waals surface area contributed by atoms with Gasteiger partial charge >= 0.3 is 6.03 Å². The quantitative estimate of drug-likeness (QED) is 0.846. The molecular weight excluding hydrogens is 312 g/mol. The van der Waals surface area contributed by atoms with Crippen LogP contribution in [-0.2, 0) is 0 Å². The SMILES string of the molecule is O=C(NC[C@H]1CCN(C2CC2)C1)N1CCN([C@@H]2C[C@H]3CC[C@H]2C3)CC1. The molecule has 1 N–H and O–H groups in total. The summed E-state index contributed by atoms with van der Waals surface area (Å²) in [5, 5.41) is 3.23. The van der Waals surface area contributed by atoms with Gasteiger partial charge in [-0.15, -0.1) is 0 Å². The van der Waals surface area contributed by atoms with E-state index in [1.807, 2.05) is 0 Å². The Balaban J connectivity index is 1.04. The van der Waals surface area contributed by atoms with Crippen LogP contribution in [0.2, 0.25) is 0 Å². The second kappa shape index (κ2) is 6.73. The van der Waals surface area contributed by atoms with Crippen molar-refractivity contribution in [3.8, 4) is 0 Å². The Morgan fingerprint density at radius 1 is 0.880 bits per heavy atom. The molecule has 2 heterocycles. The largest absolute Gasteiger partial charge is 0.338 e. The average Bonchev–Trinajstić information content (AvgIpc) is 3.07. The molecule has 5 heteroatoms. The van der Waals surface area contributed by atoms with Gasteiger partial charge in [0.15, 0.2) is 0 Å². The van der Waals surface area contributed by atoms with Crippen LogP contribution in [0.15, 0.2) is 0 Å². The van der Waals surface area contributed by atoms with Crippen LogP contribution in [0.4, 0.5) is 4.79 Å². The van der Waals surface area contributed by atoms with E-state index in [2.05, 4.69) is 20.0 Å². The zero-order valence-corrected chi connectivity index (χ0v) is 15.5. The van der Waals surface area contributed by atoms with E-state index in [9.17, 15) is 4.79 Å². The van der Waals surface area contributed by atoms with Gasteiger partial charge in [-0.05, 0) is 62.8 Å². The van der Waals surface area contributed by atoms with Crippen LogP contribution < -0.4 is 5.32 Å². The van der Waals surface area contributed by atoms with Crippen molar-refractivity contribution in [3.05, 3.63) is 0 Å². The van der Waals surface area contributed by atoms with Gasteiger partial charge in [0.25, 0.3) is 0 Å². The average molecular weight is 347 g/mol. The molecule has 0 unspecified atom stereocenters. The topological polar surface area (TPSA) is 38.8 Å². The van der Waals surface area contributed by atoms with Crippen LogP contribution in [0, 0.1) is 17.8 Å². The van der Waals surface area contributed by atoms with E-state index in [0.29, 0.717) is 5.92 Å². The summed E-state index contributed by atoms with van der Waals surface area (Å²) in [6.45, 7) is 7.31. The number of hydrogen-bond donors (Lipinski definition) is 1. The lowest BCUT2D eigenvalue weighted by molar-refractivity contribution is 0.0825. The zero-order valence-electron chi connectivity index (χ0n) is 15.5. The van der Waals surface area contributed by atoms with Crippen molar-refractivity contribution in [1.82, 2.24) is 20.0 Å². The number of urea groups is 1. The van der Waals surface area contributed by atoms with Gasteiger partial charge in [-0.25, -0.2) is 4.79 Å². The summed E-state index contributed by atoms with van der Waals surface area (Å²) in [4.78, 5) is 19.9. The molecule has 2 bridgehead atoms. The number of nitrogens with one attached hydrogen (secondary N) is 1. The standard InChI is InChI=1S/C20H34N4O/c25-20(21-13-16-5-6-24(14-16)18-3-4-18)23-9-7-22(8-10-23)19-12-15-1-2-17(19)11-15/h15-19H,1-14H2,(H,21,25)/t15-,16+,17-,19+/m0/s1. The molecule has 140 valence electrons. The van der Waals surface area contributed by atoms with Crippen molar-refractivity contribution in [2.75, 3.05) is 45.8 Å². The van der Waals surface area contributed by atoms with E-state index in [1.165, 1.54) is 58.0 Å². The van der Waals surface area contributed by atoms with Crippen LogP contribution in [0.25, 0.3) is 0 Å². The smallest absolute Gasteiger partial charge is 0.317 e. The van der Waals surface area contributed by atoms with Gasteiger partial charge in [0.1, 0.15) is 0 Å². The van der Waals surface area contributed by atoms with E-state index in [4.69, 9.17) is 0 Å². The Kier molecular flexibility index (Phi) is 4.41. The van der Waals surface area contributed by atoms with Gasteiger partial charge in [-0.1, -0.05) is 6.42 Å². The zero-order chi connectivity index (χ0) is 16.8. The summed E-state index contributed by atoms with van der Waals surface area (Å²) < 4.78 is 0. The number of piperazine rings is 1. The first-order chi connectivity index (χ1) is 12.3. The Morgan fingerprint density at radius 2 is 1.72 bits per heavy atom. The molecule has 2 aliphatic heterocycles. The van der Waals surface area contributed by atoms with Gasteiger partial charge < -0.3 is 15.1 Å². The molecule has 0 spiro atoms. The van der Waals surface area contributed by atoms with Crippen LogP contribution >= 0.6 is 0 Å². The second-order valence-electron chi connectivity index (χ2n) is 9.33. The fraction of sp³-hybridized carbons (Fsp3) is 0.950. The highest BCUT2D eigenvalue weighted by atomic mass is 16.2. The molecule has 0 aromatic rings. The summed E-state index contributed by atoms with van der Waals surface area (Å²) in [6.07, 6.45) is 9.88. The van der Waals surface area contributed by atoms with Gasteiger partial charge in [-0.2, -0.15) is 0 Å². The molecule has 0 radical (unpaired) electrons. The summed E-state index contributed by atoms with van der Waals surface area (Å²) in [5.74, 6) is 2.64. The predicted molar refractivity (Wildman–Crippen MR) is 98.5 cm³/mol. The van der Waals surface area contributed by atoms with Crippen LogP contribution in [0.3, 0.4) is 0 Å². The van der Waals surface area contributed by atoms with Crippen molar-refractivity contribution in [2.45, 2.75) is 57.0 Å². The van der Waals surface area contributed by atoms with Crippen LogP contribution in [-0.4, -0.2) is 78.6 Å². The number of carbonyl (C=O) groups excluding carboxylic acids is 1. The van der Waals surface area contributed by atoms with Gasteiger partial charge in [-0.3, -0.25) is 4.90 Å². The van der Waals surface area contributed by atoms with Crippen molar-refractivity contribution >= 4 is 6.03 Å². The summed E-state index contributed by atoms with van der Waals surface area (Å²) >= 11 is 0. The first-order valence-electron chi connectivity index (χ1n) is 10.8. The molecule has 4 atom stereocenters. The highest BCUT2D eigenvalue weighted by Gasteiger charge is 2.43. The Morgan fingerprint density at radius 3 is 2.40 bits per heavy atom. The maximum Gasteiger partial charge on any atom is 0.317 e. The first kappa shape index (κ1) is 16.4. The third kappa shape index (κ3) is 3.42. The van der Waals surface area contributed by atoms with E-state index >= 15 is 0 Å². The number of nitrogens with zero attached hydrogens (tertiary/aromatic N) is 3. The molecule has 0 aromatic carbocycles. The minimum atomic E-state index is 0.178. The molecule has 2 saturated heterocycles. The lowest BCUT2D eigenvalue weighted by atomic mass is 9.93. The normalized spacial score (nSPS) is 39.3. The van der Waals surface area contributed by atoms with Gasteiger partial charge in [0.2, 0.25) is 0 Å². The molecule has 2 amide bonds. The lowest BCUT2D eigenvalue weighted by Gasteiger charge is -2.41. The highest BCUT2D eigenvalue weighted by Crippen LogP contribution is 2.46. The molecule has 3 aliphatic carbocycles. The minimum Gasteiger partial charge on any atom is -0.338 e. The van der Waals surface area contributed by atoms with E-state index in [1.54, 1.807) is 0 Å². The maximum atomic E-state index is 12.5. The second-order valence-corrected chi connectivity index (χ2v) is 9.33. The monoisotopic (exact) mass is 346 g/mol. The Hall–Kier alpha value is -0.810.